The Morgan fingerprint density at radius 2 is 1.76 bits per heavy atom. The Kier molecular flexibility index (Phi) is 4.50. The minimum absolute atomic E-state index is 0.134. The number of hydrogen-bond donors (Lipinski definition) is 0. The Balaban J connectivity index is 1.20. The lowest BCUT2D eigenvalue weighted by Gasteiger charge is -2.22. The first-order chi connectivity index (χ1) is 14.2. The van der Waals surface area contributed by atoms with E-state index in [1.807, 2.05) is 59.0 Å². The summed E-state index contributed by atoms with van der Waals surface area (Å²) in [6, 6.07) is 12.0. The zero-order valence-electron chi connectivity index (χ0n) is 16.5. The van der Waals surface area contributed by atoms with E-state index in [1.165, 1.54) is 0 Å². The van der Waals surface area contributed by atoms with E-state index in [0.29, 0.717) is 11.8 Å². The number of nitrogens with zero attached hydrogens (tertiary/aromatic N) is 6. The molecule has 0 N–H and O–H groups in total. The average molecular weight is 388 g/mol. The highest BCUT2D eigenvalue weighted by Crippen LogP contribution is 2.33. The highest BCUT2D eigenvalue weighted by Gasteiger charge is 2.42. The molecule has 0 aliphatic carbocycles. The molecule has 2 unspecified atom stereocenters. The summed E-state index contributed by atoms with van der Waals surface area (Å²) in [6.07, 6.45) is 5.51. The van der Waals surface area contributed by atoms with Crippen LogP contribution in [0.2, 0.25) is 0 Å². The van der Waals surface area contributed by atoms with Crippen LogP contribution in [0, 0.1) is 18.8 Å². The largest absolute Gasteiger partial charge is 0.354 e. The van der Waals surface area contributed by atoms with Gasteiger partial charge in [0.2, 0.25) is 0 Å². The fourth-order valence-corrected chi connectivity index (χ4v) is 4.43. The second-order valence-corrected chi connectivity index (χ2v) is 8.10. The van der Waals surface area contributed by atoms with Crippen molar-refractivity contribution in [2.75, 3.05) is 31.1 Å². The monoisotopic (exact) mass is 388 g/mol. The van der Waals surface area contributed by atoms with Crippen molar-refractivity contribution in [3.8, 4) is 0 Å². The molecule has 2 saturated heterocycles. The van der Waals surface area contributed by atoms with Gasteiger partial charge in [0.1, 0.15) is 0 Å². The minimum atomic E-state index is 0.134. The van der Waals surface area contributed by atoms with Crippen molar-refractivity contribution in [1.82, 2.24) is 24.6 Å². The molecule has 148 valence electrons. The van der Waals surface area contributed by atoms with Gasteiger partial charge in [-0.2, -0.15) is 5.10 Å². The van der Waals surface area contributed by atoms with Crippen LogP contribution in [0.25, 0.3) is 0 Å². The van der Waals surface area contributed by atoms with Gasteiger partial charge in [0.25, 0.3) is 5.91 Å². The summed E-state index contributed by atoms with van der Waals surface area (Å²) >= 11 is 0. The quantitative estimate of drug-likeness (QED) is 0.686. The first kappa shape index (κ1) is 17.8. The zero-order valence-corrected chi connectivity index (χ0v) is 16.5. The molecule has 2 fully saturated rings. The van der Waals surface area contributed by atoms with E-state index in [4.69, 9.17) is 0 Å². The van der Waals surface area contributed by atoms with E-state index in [9.17, 15) is 4.79 Å². The maximum absolute atomic E-state index is 13.0. The van der Waals surface area contributed by atoms with Crippen molar-refractivity contribution in [2.24, 2.45) is 11.8 Å². The number of likely N-dealkylation sites (tertiary alicyclic amines) is 1. The normalized spacial score (nSPS) is 20.9. The van der Waals surface area contributed by atoms with Crippen LogP contribution in [0.1, 0.15) is 21.6 Å². The average Bonchev–Trinajstić information content (AvgIpc) is 3.45. The van der Waals surface area contributed by atoms with Crippen LogP contribution >= 0.6 is 0 Å². The molecule has 1 aromatic carbocycles. The number of carbonyl (C=O) groups excluding carboxylic acids is 1. The number of fused-ring (bicyclic) bond motifs is 1. The molecule has 0 radical (unpaired) electrons. The first-order valence-electron chi connectivity index (χ1n) is 10.0. The van der Waals surface area contributed by atoms with Gasteiger partial charge in [0.15, 0.2) is 5.82 Å². The molecular weight excluding hydrogens is 364 g/mol. The summed E-state index contributed by atoms with van der Waals surface area (Å²) in [4.78, 5) is 21.3. The fourth-order valence-electron chi connectivity index (χ4n) is 4.43. The van der Waals surface area contributed by atoms with Gasteiger partial charge in [-0.3, -0.25) is 4.79 Å². The summed E-state index contributed by atoms with van der Waals surface area (Å²) in [5.41, 5.74) is 2.86. The molecule has 7 heteroatoms. The number of rotatable bonds is 4. The van der Waals surface area contributed by atoms with Crippen molar-refractivity contribution >= 4 is 11.7 Å². The molecule has 2 aliphatic heterocycles. The Morgan fingerprint density at radius 3 is 2.38 bits per heavy atom. The number of hydrogen-bond acceptors (Lipinski definition) is 5. The molecule has 0 saturated carbocycles. The number of aryl methyl sites for hydroxylation is 1. The van der Waals surface area contributed by atoms with Crippen LogP contribution in [-0.4, -0.2) is 56.7 Å². The summed E-state index contributed by atoms with van der Waals surface area (Å²) in [5, 5.41) is 8.48. The maximum Gasteiger partial charge on any atom is 0.253 e. The standard InChI is InChI=1S/C22H24N6O/c1-16-2-7-21(25-24-16)27-11-19-13-28(14-20(19)12-27)22(29)18-5-3-17(4-6-18)10-26-9-8-23-15-26/h2-9,15,19-20H,10-14H2,1H3. The molecule has 7 nitrogen and oxygen atoms in total. The topological polar surface area (TPSA) is 67.2 Å². The summed E-state index contributed by atoms with van der Waals surface area (Å²) in [7, 11) is 0. The molecular formula is C22H24N6O. The van der Waals surface area contributed by atoms with Crippen LogP contribution in [0.15, 0.2) is 55.1 Å². The predicted molar refractivity (Wildman–Crippen MR) is 110 cm³/mol. The lowest BCUT2D eigenvalue weighted by molar-refractivity contribution is 0.0782. The highest BCUT2D eigenvalue weighted by molar-refractivity contribution is 5.94. The van der Waals surface area contributed by atoms with Crippen LogP contribution in [0.5, 0.6) is 0 Å². The number of amides is 1. The minimum Gasteiger partial charge on any atom is -0.354 e. The van der Waals surface area contributed by atoms with Crippen LogP contribution < -0.4 is 4.90 Å². The third kappa shape index (κ3) is 3.60. The third-order valence-corrected chi connectivity index (χ3v) is 6.01. The van der Waals surface area contributed by atoms with Crippen molar-refractivity contribution < 1.29 is 4.79 Å². The van der Waals surface area contributed by atoms with Gasteiger partial charge in [-0.15, -0.1) is 5.10 Å². The van der Waals surface area contributed by atoms with E-state index in [-0.39, 0.29) is 5.91 Å². The lowest BCUT2D eigenvalue weighted by atomic mass is 10.0. The second-order valence-electron chi connectivity index (χ2n) is 8.10. The number of imidazole rings is 1. The van der Waals surface area contributed by atoms with E-state index in [1.54, 1.807) is 12.5 Å². The molecule has 29 heavy (non-hydrogen) atoms. The molecule has 2 aliphatic rings. The van der Waals surface area contributed by atoms with Gasteiger partial charge in [0, 0.05) is 62.5 Å². The number of anilines is 1. The van der Waals surface area contributed by atoms with E-state index >= 15 is 0 Å². The number of benzene rings is 1. The molecule has 0 spiro atoms. The van der Waals surface area contributed by atoms with Gasteiger partial charge in [-0.1, -0.05) is 12.1 Å². The second kappa shape index (κ2) is 7.31. The number of carbonyl (C=O) groups is 1. The summed E-state index contributed by atoms with van der Waals surface area (Å²) < 4.78 is 2.02. The molecule has 4 heterocycles. The predicted octanol–water partition coefficient (Wildman–Crippen LogP) is 2.24. The van der Waals surface area contributed by atoms with Crippen LogP contribution in [0.4, 0.5) is 5.82 Å². The highest BCUT2D eigenvalue weighted by atomic mass is 16.2. The van der Waals surface area contributed by atoms with Gasteiger partial charge in [-0.05, 0) is 36.8 Å². The lowest BCUT2D eigenvalue weighted by Crippen LogP contribution is -2.33. The smallest absolute Gasteiger partial charge is 0.253 e. The first-order valence-corrected chi connectivity index (χ1v) is 10.0. The molecule has 0 bridgehead atoms. The number of aromatic nitrogens is 4. The summed E-state index contributed by atoms with van der Waals surface area (Å²) in [5.74, 6) is 2.08. The molecule has 5 rings (SSSR count). The third-order valence-electron chi connectivity index (χ3n) is 6.01. The Bertz CT molecular complexity index is 969. The van der Waals surface area contributed by atoms with Crippen molar-refractivity contribution in [3.05, 3.63) is 71.9 Å². The summed E-state index contributed by atoms with van der Waals surface area (Å²) in [6.45, 7) is 6.22. The van der Waals surface area contributed by atoms with Gasteiger partial charge < -0.3 is 14.4 Å². The van der Waals surface area contributed by atoms with Crippen LogP contribution in [0.3, 0.4) is 0 Å². The SMILES string of the molecule is Cc1ccc(N2CC3CN(C(=O)c4ccc(Cn5ccnc5)cc4)CC3C2)nn1. The molecule has 2 aromatic heterocycles. The Labute approximate surface area is 170 Å². The van der Waals surface area contributed by atoms with Crippen molar-refractivity contribution in [1.29, 1.82) is 0 Å². The van der Waals surface area contributed by atoms with Gasteiger partial charge >= 0.3 is 0 Å². The maximum atomic E-state index is 13.0. The van der Waals surface area contributed by atoms with E-state index in [2.05, 4.69) is 20.1 Å². The molecule has 1 amide bonds. The fraction of sp³-hybridized carbons (Fsp3) is 0.364. The van der Waals surface area contributed by atoms with Gasteiger partial charge in [-0.25, -0.2) is 4.98 Å². The van der Waals surface area contributed by atoms with Gasteiger partial charge in [0.05, 0.1) is 12.0 Å². The molecule has 2 atom stereocenters. The zero-order chi connectivity index (χ0) is 19.8. The van der Waals surface area contributed by atoms with Crippen LogP contribution in [-0.2, 0) is 6.54 Å². The van der Waals surface area contributed by atoms with Crippen molar-refractivity contribution in [2.45, 2.75) is 13.5 Å². The Hall–Kier alpha value is -3.22. The van der Waals surface area contributed by atoms with E-state index < -0.39 is 0 Å². The van der Waals surface area contributed by atoms with Crippen molar-refractivity contribution in [3.63, 3.8) is 0 Å². The molecule has 3 aromatic rings. The van der Waals surface area contributed by atoms with E-state index in [0.717, 1.165) is 55.4 Å². The Morgan fingerprint density at radius 1 is 1.00 bits per heavy atom.